The van der Waals surface area contributed by atoms with Gasteiger partial charge in [-0.25, -0.2) is 0 Å². The van der Waals surface area contributed by atoms with Crippen LogP contribution >= 0.6 is 11.8 Å². The molecule has 166 valence electrons. The number of carbonyl (C=O) groups is 1. The fourth-order valence-electron chi connectivity index (χ4n) is 9.58. The number of rotatable bonds is 0. The van der Waals surface area contributed by atoms with Crippen molar-refractivity contribution in [3.63, 3.8) is 0 Å². The van der Waals surface area contributed by atoms with E-state index in [1.807, 2.05) is 6.08 Å². The van der Waals surface area contributed by atoms with Gasteiger partial charge in [0.15, 0.2) is 5.78 Å². The Kier molecular flexibility index (Phi) is 4.49. The lowest BCUT2D eigenvalue weighted by molar-refractivity contribution is -0.117. The standard InChI is InChI=1S/C27H40O2S/c1-16-7-12-27(30-15-16)17(2)24-23(29-27)14-22-20-6-5-18-13-19(28)8-10-25(18,3)21(20)9-11-26(22,24)4/h13,16-17,20-24H,5-12,14-15H2,1-4H3/t16-,17+,20-,21+,22+,23+,24+,25+,26+,27+/m1/s1. The van der Waals surface area contributed by atoms with Crippen LogP contribution in [-0.2, 0) is 9.53 Å². The summed E-state index contributed by atoms with van der Waals surface area (Å²) in [6.45, 7) is 10.1. The second-order valence-corrected chi connectivity index (χ2v) is 13.8. The molecule has 0 N–H and O–H groups in total. The van der Waals surface area contributed by atoms with E-state index in [-0.39, 0.29) is 4.93 Å². The Morgan fingerprint density at radius 1 is 1.03 bits per heavy atom. The Hall–Kier alpha value is -0.280. The number of ketones is 1. The minimum absolute atomic E-state index is 0.116. The zero-order chi connectivity index (χ0) is 20.9. The number of hydrogen-bond donors (Lipinski definition) is 0. The topological polar surface area (TPSA) is 26.3 Å². The van der Waals surface area contributed by atoms with Crippen LogP contribution in [-0.4, -0.2) is 22.6 Å². The van der Waals surface area contributed by atoms with Crippen molar-refractivity contribution in [1.29, 1.82) is 0 Å². The van der Waals surface area contributed by atoms with Crippen LogP contribution in [0.5, 0.6) is 0 Å². The van der Waals surface area contributed by atoms with E-state index in [0.717, 1.165) is 42.4 Å². The van der Waals surface area contributed by atoms with Gasteiger partial charge in [0, 0.05) is 12.3 Å². The van der Waals surface area contributed by atoms with E-state index in [9.17, 15) is 4.79 Å². The summed E-state index contributed by atoms with van der Waals surface area (Å²) >= 11 is 2.16. The van der Waals surface area contributed by atoms with Gasteiger partial charge in [-0.15, -0.1) is 11.8 Å². The Morgan fingerprint density at radius 3 is 2.63 bits per heavy atom. The van der Waals surface area contributed by atoms with E-state index in [1.54, 1.807) is 0 Å². The molecule has 5 fully saturated rings. The van der Waals surface area contributed by atoms with Crippen molar-refractivity contribution in [1.82, 2.24) is 0 Å². The second kappa shape index (κ2) is 6.62. The average Bonchev–Trinajstić information content (AvgIpc) is 3.16. The predicted octanol–water partition coefficient (Wildman–Crippen LogP) is 6.64. The number of ether oxygens (including phenoxy) is 1. The Balaban J connectivity index is 1.28. The lowest BCUT2D eigenvalue weighted by Crippen LogP contribution is -2.51. The highest BCUT2D eigenvalue weighted by Gasteiger charge is 2.68. The summed E-state index contributed by atoms with van der Waals surface area (Å²) < 4.78 is 7.06. The maximum Gasteiger partial charge on any atom is 0.155 e. The van der Waals surface area contributed by atoms with Gasteiger partial charge in [-0.2, -0.15) is 0 Å². The van der Waals surface area contributed by atoms with Crippen molar-refractivity contribution in [2.75, 3.05) is 5.75 Å². The van der Waals surface area contributed by atoms with Gasteiger partial charge in [-0.05, 0) is 104 Å². The van der Waals surface area contributed by atoms with Crippen molar-refractivity contribution in [3.05, 3.63) is 11.6 Å². The van der Waals surface area contributed by atoms with E-state index in [4.69, 9.17) is 4.74 Å². The first-order chi connectivity index (χ1) is 14.3. The molecule has 0 bridgehead atoms. The average molecular weight is 429 g/mol. The smallest absolute Gasteiger partial charge is 0.155 e. The molecule has 3 saturated carbocycles. The van der Waals surface area contributed by atoms with Crippen LogP contribution in [0.3, 0.4) is 0 Å². The molecule has 3 heteroatoms. The summed E-state index contributed by atoms with van der Waals surface area (Å²) in [6, 6.07) is 0. The lowest BCUT2D eigenvalue weighted by atomic mass is 9.46. The van der Waals surface area contributed by atoms with E-state index < -0.39 is 0 Å². The molecule has 0 radical (unpaired) electrons. The van der Waals surface area contributed by atoms with Gasteiger partial charge in [-0.3, -0.25) is 4.79 Å². The van der Waals surface area contributed by atoms with Crippen LogP contribution in [0, 0.1) is 46.3 Å². The third kappa shape index (κ3) is 2.57. The third-order valence-corrected chi connectivity index (χ3v) is 13.1. The van der Waals surface area contributed by atoms with E-state index in [2.05, 4.69) is 39.5 Å². The van der Waals surface area contributed by atoms with E-state index in [0.29, 0.717) is 28.6 Å². The molecule has 0 aromatic carbocycles. The van der Waals surface area contributed by atoms with Gasteiger partial charge in [0.05, 0.1) is 6.10 Å². The molecule has 2 saturated heterocycles. The van der Waals surface area contributed by atoms with Gasteiger partial charge < -0.3 is 4.74 Å². The van der Waals surface area contributed by atoms with Gasteiger partial charge >= 0.3 is 0 Å². The zero-order valence-corrected chi connectivity index (χ0v) is 20.2. The molecule has 2 aliphatic heterocycles. The Bertz CT molecular complexity index is 780. The number of carbonyl (C=O) groups excluding carboxylic acids is 1. The van der Waals surface area contributed by atoms with Crippen molar-refractivity contribution in [2.45, 2.75) is 96.5 Å². The SMILES string of the molecule is C[C@@H]1CC[C@]2(O[C@H]3C[C@H]4[C@@H]5CCC6=CC(=O)CC[C@]6(C)[C@H]5CC[C@]4(C)[C@H]3[C@@H]2C)SC1. The van der Waals surface area contributed by atoms with Crippen LogP contribution in [0.15, 0.2) is 11.6 Å². The first-order valence-electron chi connectivity index (χ1n) is 12.8. The summed E-state index contributed by atoms with van der Waals surface area (Å²) in [7, 11) is 0. The quantitative estimate of drug-likeness (QED) is 0.433. The van der Waals surface area contributed by atoms with Gasteiger partial charge in [0.1, 0.15) is 4.93 Å². The number of fused-ring (bicyclic) bond motifs is 7. The van der Waals surface area contributed by atoms with Gasteiger partial charge in [0.25, 0.3) is 0 Å². The minimum Gasteiger partial charge on any atom is -0.360 e. The fraction of sp³-hybridized carbons (Fsp3) is 0.889. The first kappa shape index (κ1) is 20.3. The largest absolute Gasteiger partial charge is 0.360 e. The number of allylic oxidation sites excluding steroid dienone is 1. The van der Waals surface area contributed by atoms with E-state index in [1.165, 1.54) is 56.3 Å². The predicted molar refractivity (Wildman–Crippen MR) is 123 cm³/mol. The normalized spacial score (nSPS) is 57.4. The summed E-state index contributed by atoms with van der Waals surface area (Å²) in [4.78, 5) is 12.2. The van der Waals surface area contributed by atoms with Gasteiger partial charge in [0.2, 0.25) is 0 Å². The highest BCUT2D eigenvalue weighted by molar-refractivity contribution is 8.00. The molecule has 0 amide bonds. The fourth-order valence-corrected chi connectivity index (χ4v) is 11.2. The van der Waals surface area contributed by atoms with E-state index >= 15 is 0 Å². The maximum absolute atomic E-state index is 12.1. The summed E-state index contributed by atoms with van der Waals surface area (Å²) in [5.41, 5.74) is 2.25. The van der Waals surface area contributed by atoms with Crippen LogP contribution < -0.4 is 0 Å². The van der Waals surface area contributed by atoms with Crippen LogP contribution in [0.4, 0.5) is 0 Å². The zero-order valence-electron chi connectivity index (χ0n) is 19.4. The second-order valence-electron chi connectivity index (χ2n) is 12.5. The van der Waals surface area contributed by atoms with Crippen molar-refractivity contribution >= 4 is 17.5 Å². The minimum atomic E-state index is 0.116. The van der Waals surface area contributed by atoms with Crippen molar-refractivity contribution < 1.29 is 9.53 Å². The molecule has 30 heavy (non-hydrogen) atoms. The molecule has 0 aromatic rings. The summed E-state index contributed by atoms with van der Waals surface area (Å²) in [5, 5.41) is 0. The van der Waals surface area contributed by atoms with Crippen LogP contribution in [0.25, 0.3) is 0 Å². The Morgan fingerprint density at radius 2 is 1.87 bits per heavy atom. The lowest BCUT2D eigenvalue weighted by Gasteiger charge is -2.58. The highest BCUT2D eigenvalue weighted by atomic mass is 32.2. The molecular weight excluding hydrogens is 388 g/mol. The molecule has 10 atom stereocenters. The van der Waals surface area contributed by atoms with Crippen LogP contribution in [0.1, 0.15) is 85.5 Å². The molecule has 4 aliphatic carbocycles. The maximum atomic E-state index is 12.1. The molecular formula is C27H40O2S. The number of hydrogen-bond acceptors (Lipinski definition) is 3. The molecule has 6 aliphatic rings. The molecule has 6 rings (SSSR count). The van der Waals surface area contributed by atoms with Crippen molar-refractivity contribution in [2.24, 2.45) is 46.3 Å². The third-order valence-electron chi connectivity index (χ3n) is 11.2. The summed E-state index contributed by atoms with van der Waals surface area (Å²) in [5.74, 6) is 6.41. The highest BCUT2D eigenvalue weighted by Crippen LogP contribution is 2.71. The molecule has 0 unspecified atom stereocenters. The molecule has 2 nitrogen and oxygen atoms in total. The summed E-state index contributed by atoms with van der Waals surface area (Å²) in [6.07, 6.45) is 13.5. The Labute approximate surface area is 187 Å². The van der Waals surface area contributed by atoms with Crippen molar-refractivity contribution in [3.8, 4) is 0 Å². The molecule has 0 aromatic heterocycles. The van der Waals surface area contributed by atoms with Crippen LogP contribution in [0.2, 0.25) is 0 Å². The van der Waals surface area contributed by atoms with Gasteiger partial charge in [-0.1, -0.05) is 33.3 Å². The first-order valence-corrected chi connectivity index (χ1v) is 13.8. The monoisotopic (exact) mass is 428 g/mol. The molecule has 2 heterocycles. The number of thioether (sulfide) groups is 1. The molecule has 1 spiro atoms.